The van der Waals surface area contributed by atoms with Gasteiger partial charge in [0.2, 0.25) is 21.8 Å². The highest BCUT2D eigenvalue weighted by Gasteiger charge is 2.34. The van der Waals surface area contributed by atoms with Crippen molar-refractivity contribution in [3.8, 4) is 0 Å². The van der Waals surface area contributed by atoms with Crippen LogP contribution in [0.5, 0.6) is 0 Å². The van der Waals surface area contributed by atoms with Crippen LogP contribution >= 0.6 is 27.5 Å². The number of sulfonamides is 1. The highest BCUT2D eigenvalue weighted by Crippen LogP contribution is 2.29. The lowest BCUT2D eigenvalue weighted by Crippen LogP contribution is -2.56. The Morgan fingerprint density at radius 2 is 1.60 bits per heavy atom. The third-order valence-electron chi connectivity index (χ3n) is 6.20. The molecule has 0 bridgehead atoms. The molecular weight excluding hydrogens is 614 g/mol. The summed E-state index contributed by atoms with van der Waals surface area (Å²) in [5.74, 6) is -0.848. The van der Waals surface area contributed by atoms with E-state index in [1.165, 1.54) is 4.90 Å². The molecule has 0 heterocycles. The normalized spacial score (nSPS) is 12.5. The van der Waals surface area contributed by atoms with E-state index < -0.39 is 34.1 Å². The van der Waals surface area contributed by atoms with Gasteiger partial charge in [0.15, 0.2) is 0 Å². The topological polar surface area (TPSA) is 86.8 Å². The maximum atomic E-state index is 14.2. The number of anilines is 1. The molecule has 0 aromatic heterocycles. The molecule has 0 fully saturated rings. The predicted octanol–water partition coefficient (Wildman–Crippen LogP) is 5.73. The fourth-order valence-corrected chi connectivity index (χ4v) is 5.82. The summed E-state index contributed by atoms with van der Waals surface area (Å²) in [6.45, 7) is 6.92. The Bertz CT molecular complexity index is 1460. The number of carbonyl (C=O) groups excluding carboxylic acids is 2. The molecule has 214 valence electrons. The molecule has 0 saturated heterocycles. The van der Waals surface area contributed by atoms with Gasteiger partial charge in [-0.2, -0.15) is 0 Å². The molecule has 40 heavy (non-hydrogen) atoms. The largest absolute Gasteiger partial charge is 0.350 e. The molecule has 0 aliphatic rings. The molecule has 10 heteroatoms. The second kappa shape index (κ2) is 13.2. The summed E-state index contributed by atoms with van der Waals surface area (Å²) in [5.41, 5.74) is 1.95. The van der Waals surface area contributed by atoms with Crippen molar-refractivity contribution in [2.75, 3.05) is 17.1 Å². The van der Waals surface area contributed by atoms with Crippen molar-refractivity contribution in [2.45, 2.75) is 52.2 Å². The molecule has 0 radical (unpaired) electrons. The fraction of sp³-hybridized carbons (Fsp3) is 0.333. The number of halogens is 2. The van der Waals surface area contributed by atoms with Crippen LogP contribution in [0.1, 0.15) is 37.5 Å². The Kier molecular flexibility index (Phi) is 10.4. The van der Waals surface area contributed by atoms with Gasteiger partial charge >= 0.3 is 0 Å². The van der Waals surface area contributed by atoms with Crippen LogP contribution in [0.25, 0.3) is 0 Å². The van der Waals surface area contributed by atoms with E-state index in [4.69, 9.17) is 11.6 Å². The van der Waals surface area contributed by atoms with Gasteiger partial charge in [-0.05, 0) is 68.7 Å². The number of amides is 2. The summed E-state index contributed by atoms with van der Waals surface area (Å²) in [4.78, 5) is 29.4. The zero-order valence-electron chi connectivity index (χ0n) is 23.3. The van der Waals surface area contributed by atoms with Crippen LogP contribution in [0.3, 0.4) is 0 Å². The predicted molar refractivity (Wildman–Crippen MR) is 165 cm³/mol. The Morgan fingerprint density at radius 3 is 2.20 bits per heavy atom. The van der Waals surface area contributed by atoms with Gasteiger partial charge < -0.3 is 10.2 Å². The van der Waals surface area contributed by atoms with Crippen LogP contribution in [-0.2, 0) is 32.6 Å². The van der Waals surface area contributed by atoms with Gasteiger partial charge in [0.25, 0.3) is 0 Å². The van der Waals surface area contributed by atoms with Gasteiger partial charge in [-0.15, -0.1) is 0 Å². The fourth-order valence-electron chi connectivity index (χ4n) is 4.30. The van der Waals surface area contributed by atoms with Gasteiger partial charge in [0.1, 0.15) is 12.6 Å². The molecule has 0 aliphatic carbocycles. The average molecular weight is 649 g/mol. The first-order valence-corrected chi connectivity index (χ1v) is 15.8. The van der Waals surface area contributed by atoms with E-state index in [9.17, 15) is 18.0 Å². The van der Waals surface area contributed by atoms with Gasteiger partial charge in [-0.3, -0.25) is 13.9 Å². The number of rotatable bonds is 10. The summed E-state index contributed by atoms with van der Waals surface area (Å²) < 4.78 is 27.8. The molecule has 3 aromatic rings. The first-order valence-electron chi connectivity index (χ1n) is 12.8. The molecule has 3 aromatic carbocycles. The number of hydrogen-bond acceptors (Lipinski definition) is 4. The Morgan fingerprint density at radius 1 is 0.975 bits per heavy atom. The van der Waals surface area contributed by atoms with Gasteiger partial charge in [0, 0.05) is 28.0 Å². The van der Waals surface area contributed by atoms with Gasteiger partial charge in [-0.1, -0.05) is 76.1 Å². The summed E-state index contributed by atoms with van der Waals surface area (Å²) in [6, 6.07) is 20.9. The summed E-state index contributed by atoms with van der Waals surface area (Å²) in [6.07, 6.45) is 1.30. The molecule has 0 aliphatic heterocycles. The minimum absolute atomic E-state index is 0.0967. The van der Waals surface area contributed by atoms with Gasteiger partial charge in [0.05, 0.1) is 11.9 Å². The minimum Gasteiger partial charge on any atom is -0.350 e. The Balaban J connectivity index is 2.10. The molecule has 1 N–H and O–H groups in total. The SMILES string of the molecule is Cc1c(Cl)cccc1N(CC(=O)N(Cc1cccc(Br)c1)[C@H](Cc1ccccc1)C(=O)NC(C)(C)C)S(C)(=O)=O. The average Bonchev–Trinajstić information content (AvgIpc) is 2.85. The smallest absolute Gasteiger partial charge is 0.244 e. The second-order valence-corrected chi connectivity index (χ2v) is 14.0. The standard InChI is InChI=1S/C30H35BrClN3O4S/c1-21-25(32)15-10-16-26(21)35(40(5,38)39)20-28(36)34(19-23-13-9-14-24(31)17-23)27(29(37)33-30(2,3)4)18-22-11-7-6-8-12-22/h6-17,27H,18-20H2,1-5H3,(H,33,37)/t27-/m1/s1. The van der Waals surface area contributed by atoms with E-state index in [1.807, 2.05) is 75.4 Å². The third kappa shape index (κ3) is 8.81. The highest BCUT2D eigenvalue weighted by atomic mass is 79.9. The Hall–Kier alpha value is -2.88. The van der Waals surface area contributed by atoms with E-state index in [1.54, 1.807) is 25.1 Å². The molecular formula is C30H35BrClN3O4S. The minimum atomic E-state index is -3.88. The number of nitrogens with zero attached hydrogens (tertiary/aromatic N) is 2. The van der Waals surface area contributed by atoms with E-state index in [0.29, 0.717) is 16.3 Å². The van der Waals surface area contributed by atoms with Crippen molar-refractivity contribution >= 4 is 55.1 Å². The summed E-state index contributed by atoms with van der Waals surface area (Å²) in [7, 11) is -3.88. The van der Waals surface area contributed by atoms with Crippen LogP contribution in [0.2, 0.25) is 5.02 Å². The highest BCUT2D eigenvalue weighted by molar-refractivity contribution is 9.10. The molecule has 3 rings (SSSR count). The van der Waals surface area contributed by atoms with Crippen molar-refractivity contribution in [2.24, 2.45) is 0 Å². The van der Waals surface area contributed by atoms with E-state index >= 15 is 0 Å². The zero-order valence-corrected chi connectivity index (χ0v) is 26.5. The molecule has 1 atom stereocenters. The van der Waals surface area contributed by atoms with Crippen LogP contribution < -0.4 is 9.62 Å². The maximum Gasteiger partial charge on any atom is 0.244 e. The van der Waals surface area contributed by atoms with Crippen molar-refractivity contribution in [3.05, 3.63) is 99.0 Å². The second-order valence-electron chi connectivity index (χ2n) is 10.7. The lowest BCUT2D eigenvalue weighted by atomic mass is 10.0. The number of nitrogens with one attached hydrogen (secondary N) is 1. The lowest BCUT2D eigenvalue weighted by Gasteiger charge is -2.35. The molecule has 0 unspecified atom stereocenters. The van der Waals surface area contributed by atoms with E-state index in [2.05, 4.69) is 21.2 Å². The zero-order chi connectivity index (χ0) is 29.7. The molecule has 7 nitrogen and oxygen atoms in total. The monoisotopic (exact) mass is 647 g/mol. The number of benzene rings is 3. The summed E-state index contributed by atoms with van der Waals surface area (Å²) >= 11 is 9.78. The first-order chi connectivity index (χ1) is 18.7. The van der Waals surface area contributed by atoms with E-state index in [-0.39, 0.29) is 18.9 Å². The van der Waals surface area contributed by atoms with Crippen molar-refractivity contribution in [3.63, 3.8) is 0 Å². The molecule has 0 spiro atoms. The molecule has 2 amide bonds. The van der Waals surface area contributed by atoms with Crippen LogP contribution in [0.15, 0.2) is 77.3 Å². The van der Waals surface area contributed by atoms with E-state index in [0.717, 1.165) is 26.2 Å². The maximum absolute atomic E-state index is 14.2. The van der Waals surface area contributed by atoms with Crippen molar-refractivity contribution in [1.82, 2.24) is 10.2 Å². The third-order valence-corrected chi connectivity index (χ3v) is 8.23. The van der Waals surface area contributed by atoms with Gasteiger partial charge in [-0.25, -0.2) is 8.42 Å². The first kappa shape index (κ1) is 31.6. The van der Waals surface area contributed by atoms with Crippen molar-refractivity contribution < 1.29 is 18.0 Å². The number of hydrogen-bond donors (Lipinski definition) is 1. The number of carbonyl (C=O) groups is 2. The lowest BCUT2D eigenvalue weighted by molar-refractivity contribution is -0.140. The van der Waals surface area contributed by atoms with Crippen molar-refractivity contribution in [1.29, 1.82) is 0 Å². The Labute approximate surface area is 250 Å². The molecule has 0 saturated carbocycles. The summed E-state index contributed by atoms with van der Waals surface area (Å²) in [5, 5.41) is 3.40. The van der Waals surface area contributed by atoms with Crippen LogP contribution in [0.4, 0.5) is 5.69 Å². The van der Waals surface area contributed by atoms with Crippen LogP contribution in [-0.4, -0.2) is 49.5 Å². The quantitative estimate of drug-likeness (QED) is 0.304. The van der Waals surface area contributed by atoms with Crippen LogP contribution in [0, 0.1) is 6.92 Å².